The van der Waals surface area contributed by atoms with Gasteiger partial charge in [-0.3, -0.25) is 0 Å². The van der Waals surface area contributed by atoms with E-state index in [1.807, 2.05) is 31.3 Å². The second-order valence-corrected chi connectivity index (χ2v) is 6.48. The van der Waals surface area contributed by atoms with Crippen molar-refractivity contribution in [2.24, 2.45) is 0 Å². The Labute approximate surface area is 152 Å². The highest BCUT2D eigenvalue weighted by Crippen LogP contribution is 2.28. The zero-order chi connectivity index (χ0) is 17.9. The van der Waals surface area contributed by atoms with E-state index in [9.17, 15) is 0 Å². The van der Waals surface area contributed by atoms with E-state index < -0.39 is 0 Å². The average Bonchev–Trinajstić information content (AvgIpc) is 3.15. The van der Waals surface area contributed by atoms with E-state index >= 15 is 0 Å². The molecule has 3 aromatic rings. The van der Waals surface area contributed by atoms with Crippen LogP contribution < -0.4 is 21.3 Å². The molecule has 1 unspecified atom stereocenters. The quantitative estimate of drug-likeness (QED) is 0.610. The third-order valence-corrected chi connectivity index (χ3v) is 4.93. The van der Waals surface area contributed by atoms with Crippen LogP contribution in [0.5, 0.6) is 0 Å². The van der Waals surface area contributed by atoms with Gasteiger partial charge in [-0.1, -0.05) is 12.1 Å². The number of hydrogen-bond acceptors (Lipinski definition) is 7. The number of rotatable bonds is 5. The van der Waals surface area contributed by atoms with Gasteiger partial charge in [0.1, 0.15) is 23.8 Å². The number of nitrogen functional groups attached to an aromatic ring is 1. The topological polar surface area (TPSA) is 92.0 Å². The largest absolute Gasteiger partial charge is 0.398 e. The molecule has 1 fully saturated rings. The van der Waals surface area contributed by atoms with E-state index in [-0.39, 0.29) is 0 Å². The van der Waals surface area contributed by atoms with Crippen LogP contribution in [-0.4, -0.2) is 41.1 Å². The third kappa shape index (κ3) is 3.08. The molecule has 3 heterocycles. The van der Waals surface area contributed by atoms with Gasteiger partial charge in [-0.15, -0.1) is 0 Å². The molecule has 0 bridgehead atoms. The molecular formula is C19H23N7. The van der Waals surface area contributed by atoms with Gasteiger partial charge in [0, 0.05) is 54.9 Å². The van der Waals surface area contributed by atoms with Crippen molar-refractivity contribution in [3.05, 3.63) is 42.9 Å². The van der Waals surface area contributed by atoms with Gasteiger partial charge in [0.25, 0.3) is 0 Å². The fourth-order valence-electron chi connectivity index (χ4n) is 3.58. The summed E-state index contributed by atoms with van der Waals surface area (Å²) in [6.07, 6.45) is 5.69. The van der Waals surface area contributed by atoms with Crippen molar-refractivity contribution in [1.82, 2.24) is 15.0 Å². The van der Waals surface area contributed by atoms with Crippen LogP contribution in [0.2, 0.25) is 0 Å². The van der Waals surface area contributed by atoms with Gasteiger partial charge >= 0.3 is 0 Å². The van der Waals surface area contributed by atoms with Crippen molar-refractivity contribution >= 4 is 33.9 Å². The summed E-state index contributed by atoms with van der Waals surface area (Å²) in [5, 5.41) is 8.67. The van der Waals surface area contributed by atoms with Crippen molar-refractivity contribution in [1.29, 1.82) is 0 Å². The van der Waals surface area contributed by atoms with E-state index in [2.05, 4.69) is 36.6 Å². The van der Waals surface area contributed by atoms with Gasteiger partial charge in [-0.2, -0.15) is 0 Å². The number of hydrogen-bond donors (Lipinski definition) is 3. The SMILES string of the molecule is CNc1cc(N2CCCC2CNc2nccc3c(N)cccc23)ncn1. The zero-order valence-corrected chi connectivity index (χ0v) is 14.8. The summed E-state index contributed by atoms with van der Waals surface area (Å²) in [4.78, 5) is 15.5. The van der Waals surface area contributed by atoms with E-state index in [0.717, 1.165) is 59.8 Å². The van der Waals surface area contributed by atoms with E-state index in [0.29, 0.717) is 6.04 Å². The molecule has 1 atom stereocenters. The first-order valence-electron chi connectivity index (χ1n) is 8.90. The second-order valence-electron chi connectivity index (χ2n) is 6.48. The number of nitrogens with zero attached hydrogens (tertiary/aromatic N) is 4. The number of benzene rings is 1. The molecular weight excluding hydrogens is 326 g/mol. The molecule has 4 N–H and O–H groups in total. The lowest BCUT2D eigenvalue weighted by atomic mass is 10.1. The lowest BCUT2D eigenvalue weighted by Crippen LogP contribution is -2.35. The molecule has 1 aliphatic rings. The van der Waals surface area contributed by atoms with Crippen LogP contribution in [0.1, 0.15) is 12.8 Å². The summed E-state index contributed by atoms with van der Waals surface area (Å²) in [6, 6.07) is 10.3. The number of nitrogens with one attached hydrogen (secondary N) is 2. The molecule has 2 aromatic heterocycles. The number of fused-ring (bicyclic) bond motifs is 1. The maximum absolute atomic E-state index is 6.08. The van der Waals surface area contributed by atoms with Gasteiger partial charge < -0.3 is 21.3 Å². The fraction of sp³-hybridized carbons (Fsp3) is 0.316. The van der Waals surface area contributed by atoms with Gasteiger partial charge in [0.05, 0.1) is 0 Å². The standard InChI is InChI=1S/C19H23N7/c1-21-17-10-18(25-12-24-17)26-9-3-4-13(26)11-23-19-15-5-2-6-16(20)14(15)7-8-22-19/h2,5-8,10,12-13H,3-4,9,11,20H2,1H3,(H,22,23)(H,21,24,25). The highest BCUT2D eigenvalue weighted by Gasteiger charge is 2.26. The molecule has 0 spiro atoms. The number of anilines is 4. The fourth-order valence-corrected chi connectivity index (χ4v) is 3.58. The first-order valence-corrected chi connectivity index (χ1v) is 8.90. The van der Waals surface area contributed by atoms with E-state index in [1.54, 1.807) is 12.5 Å². The average molecular weight is 349 g/mol. The second kappa shape index (κ2) is 7.03. The molecule has 26 heavy (non-hydrogen) atoms. The van der Waals surface area contributed by atoms with Gasteiger partial charge in [0.2, 0.25) is 0 Å². The Balaban J connectivity index is 1.53. The van der Waals surface area contributed by atoms with Crippen LogP contribution in [0.25, 0.3) is 10.8 Å². The zero-order valence-electron chi connectivity index (χ0n) is 14.8. The lowest BCUT2D eigenvalue weighted by molar-refractivity contribution is 0.689. The predicted octanol–water partition coefficient (Wildman–Crippen LogP) is 2.73. The minimum Gasteiger partial charge on any atom is -0.398 e. The number of pyridine rings is 1. The highest BCUT2D eigenvalue weighted by molar-refractivity contribution is 5.99. The summed E-state index contributed by atoms with van der Waals surface area (Å²) >= 11 is 0. The molecule has 0 aliphatic carbocycles. The molecule has 0 radical (unpaired) electrons. The van der Waals surface area contributed by atoms with Crippen LogP contribution in [0, 0.1) is 0 Å². The van der Waals surface area contributed by atoms with Gasteiger partial charge in [-0.25, -0.2) is 15.0 Å². The Morgan fingerprint density at radius 1 is 1.19 bits per heavy atom. The minimum atomic E-state index is 0.368. The van der Waals surface area contributed by atoms with Crippen molar-refractivity contribution in [2.75, 3.05) is 41.4 Å². The number of aromatic nitrogens is 3. The summed E-state index contributed by atoms with van der Waals surface area (Å²) in [5.41, 5.74) is 6.86. The molecule has 1 aromatic carbocycles. The molecule has 1 aliphatic heterocycles. The van der Waals surface area contributed by atoms with Gasteiger partial charge in [0.15, 0.2) is 0 Å². The Kier molecular flexibility index (Phi) is 4.43. The summed E-state index contributed by atoms with van der Waals surface area (Å²) < 4.78 is 0. The first-order chi connectivity index (χ1) is 12.8. The Bertz CT molecular complexity index is 911. The normalized spacial score (nSPS) is 16.8. The molecule has 4 rings (SSSR count). The Morgan fingerprint density at radius 2 is 2.12 bits per heavy atom. The van der Waals surface area contributed by atoms with Crippen molar-refractivity contribution in [3.63, 3.8) is 0 Å². The van der Waals surface area contributed by atoms with Crippen LogP contribution in [-0.2, 0) is 0 Å². The van der Waals surface area contributed by atoms with Crippen molar-refractivity contribution in [2.45, 2.75) is 18.9 Å². The summed E-state index contributed by atoms with van der Waals surface area (Å²) in [7, 11) is 1.87. The maximum Gasteiger partial charge on any atom is 0.134 e. The van der Waals surface area contributed by atoms with Gasteiger partial charge in [-0.05, 0) is 25.0 Å². The monoisotopic (exact) mass is 349 g/mol. The highest BCUT2D eigenvalue weighted by atomic mass is 15.3. The van der Waals surface area contributed by atoms with Crippen LogP contribution in [0.4, 0.5) is 23.1 Å². The summed E-state index contributed by atoms with van der Waals surface area (Å²) in [5.74, 6) is 2.67. The van der Waals surface area contributed by atoms with Crippen molar-refractivity contribution in [3.8, 4) is 0 Å². The molecule has 0 amide bonds. The molecule has 7 nitrogen and oxygen atoms in total. The molecule has 7 heteroatoms. The predicted molar refractivity (Wildman–Crippen MR) is 107 cm³/mol. The molecule has 1 saturated heterocycles. The maximum atomic E-state index is 6.08. The number of nitrogens with two attached hydrogens (primary N) is 1. The Morgan fingerprint density at radius 3 is 3.00 bits per heavy atom. The minimum absolute atomic E-state index is 0.368. The van der Waals surface area contributed by atoms with Crippen LogP contribution >= 0.6 is 0 Å². The van der Waals surface area contributed by atoms with Crippen LogP contribution in [0.15, 0.2) is 42.9 Å². The molecule has 0 saturated carbocycles. The van der Waals surface area contributed by atoms with Crippen molar-refractivity contribution < 1.29 is 0 Å². The lowest BCUT2D eigenvalue weighted by Gasteiger charge is -2.26. The Hall–Kier alpha value is -3.09. The molecule has 134 valence electrons. The smallest absolute Gasteiger partial charge is 0.134 e. The van der Waals surface area contributed by atoms with E-state index in [4.69, 9.17) is 5.73 Å². The first kappa shape index (κ1) is 16.4. The third-order valence-electron chi connectivity index (χ3n) is 4.93. The van der Waals surface area contributed by atoms with Crippen LogP contribution in [0.3, 0.4) is 0 Å². The van der Waals surface area contributed by atoms with E-state index in [1.165, 1.54) is 0 Å². The summed E-state index contributed by atoms with van der Waals surface area (Å²) in [6.45, 7) is 1.81.